The Kier molecular flexibility index (Phi) is 6.55. The second-order valence-electron chi connectivity index (χ2n) is 9.40. The summed E-state index contributed by atoms with van der Waals surface area (Å²) in [5.41, 5.74) is 4.87. The van der Waals surface area contributed by atoms with E-state index >= 15 is 0 Å². The third-order valence-corrected chi connectivity index (χ3v) is 7.53. The summed E-state index contributed by atoms with van der Waals surface area (Å²) in [7, 11) is 2.18. The van der Waals surface area contributed by atoms with Gasteiger partial charge in [0.25, 0.3) is 0 Å². The zero-order valence-corrected chi connectivity index (χ0v) is 19.3. The first-order chi connectivity index (χ1) is 16.2. The predicted octanol–water partition coefficient (Wildman–Crippen LogP) is 4.91. The lowest BCUT2D eigenvalue weighted by molar-refractivity contribution is 0.0788. The molecule has 0 amide bonds. The largest absolute Gasteiger partial charge is 0.394 e. The van der Waals surface area contributed by atoms with Crippen LogP contribution in [0, 0.1) is 5.92 Å². The van der Waals surface area contributed by atoms with Gasteiger partial charge in [-0.15, -0.1) is 10.2 Å². The molecular weight excluding hydrogens is 410 g/mol. The fraction of sp³-hybridized carbons (Fsp3) is 0.407. The molecule has 1 aliphatic rings. The molecule has 0 spiro atoms. The Morgan fingerprint density at radius 1 is 1.06 bits per heavy atom. The van der Waals surface area contributed by atoms with Crippen LogP contribution in [0.2, 0.25) is 0 Å². The number of nitrogens with one attached hydrogen (secondary N) is 1. The van der Waals surface area contributed by atoms with Gasteiger partial charge in [-0.25, -0.2) is 0 Å². The fourth-order valence-corrected chi connectivity index (χ4v) is 5.47. The van der Waals surface area contributed by atoms with Gasteiger partial charge in [-0.2, -0.15) is 0 Å². The van der Waals surface area contributed by atoms with Crippen LogP contribution in [0.5, 0.6) is 0 Å². The van der Waals surface area contributed by atoms with E-state index in [1.165, 1.54) is 54.1 Å². The van der Waals surface area contributed by atoms with Gasteiger partial charge in [0.2, 0.25) is 0 Å². The van der Waals surface area contributed by atoms with Crippen molar-refractivity contribution in [1.29, 1.82) is 0 Å². The number of fused-ring (bicyclic) bond motifs is 1. The monoisotopic (exact) mass is 443 g/mol. The van der Waals surface area contributed by atoms with Gasteiger partial charge in [-0.05, 0) is 80.8 Å². The highest BCUT2D eigenvalue weighted by atomic mass is 16.3. The van der Waals surface area contributed by atoms with Crippen LogP contribution in [0.15, 0.2) is 67.4 Å². The van der Waals surface area contributed by atoms with Crippen molar-refractivity contribution >= 4 is 10.9 Å². The van der Waals surface area contributed by atoms with Crippen LogP contribution in [-0.2, 0) is 6.42 Å². The van der Waals surface area contributed by atoms with E-state index in [0.717, 1.165) is 18.0 Å². The van der Waals surface area contributed by atoms with Gasteiger partial charge in [0.1, 0.15) is 12.7 Å². The molecule has 0 radical (unpaired) electrons. The zero-order chi connectivity index (χ0) is 22.6. The molecule has 0 saturated heterocycles. The summed E-state index contributed by atoms with van der Waals surface area (Å²) in [5, 5.41) is 19.2. The summed E-state index contributed by atoms with van der Waals surface area (Å²) in [6, 6.07) is 17.5. The number of nitrogens with zero attached hydrogens (tertiary/aromatic N) is 4. The number of aromatic amines is 1. The SMILES string of the molecule is CN(C1CCC(CCc2c[nH]c3ccc(-n4cnnc4)cc23)CC1)[C@@H](CO)c1ccccc1. The lowest BCUT2D eigenvalue weighted by atomic mass is 9.81. The third kappa shape index (κ3) is 4.72. The molecule has 33 heavy (non-hydrogen) atoms. The molecular formula is C27H33N5O. The van der Waals surface area contributed by atoms with E-state index in [9.17, 15) is 5.11 Å². The Hall–Kier alpha value is -2.96. The summed E-state index contributed by atoms with van der Waals surface area (Å²) in [6.45, 7) is 0.165. The Labute approximate surface area is 195 Å². The van der Waals surface area contributed by atoms with Crippen LogP contribution < -0.4 is 0 Å². The van der Waals surface area contributed by atoms with Gasteiger partial charge >= 0.3 is 0 Å². The maximum atomic E-state index is 10.0. The molecule has 5 rings (SSSR count). The average molecular weight is 444 g/mol. The van der Waals surface area contributed by atoms with Gasteiger partial charge in [-0.3, -0.25) is 9.47 Å². The van der Waals surface area contributed by atoms with Gasteiger partial charge in [0, 0.05) is 28.8 Å². The Bertz CT molecular complexity index is 1150. The second kappa shape index (κ2) is 9.89. The molecule has 1 aliphatic carbocycles. The Morgan fingerprint density at radius 2 is 1.82 bits per heavy atom. The maximum absolute atomic E-state index is 10.0. The standard InChI is InChI=1S/C27H33N5O/c1-31(27(17-33)21-5-3-2-4-6-21)23-11-8-20(9-12-23)7-10-22-16-28-26-14-13-24(15-25(22)26)32-18-29-30-19-32/h2-6,13-16,18-20,23,27-28,33H,7-12,17H2,1H3/t20?,23?,27-/m0/s1. The van der Waals surface area contributed by atoms with Gasteiger partial charge in [0.15, 0.2) is 0 Å². The number of rotatable bonds is 8. The number of aromatic nitrogens is 4. The van der Waals surface area contributed by atoms with Crippen molar-refractivity contribution in [2.24, 2.45) is 5.92 Å². The molecule has 0 aliphatic heterocycles. The van der Waals surface area contributed by atoms with E-state index < -0.39 is 0 Å². The Morgan fingerprint density at radius 3 is 2.55 bits per heavy atom. The van der Waals surface area contributed by atoms with Gasteiger partial charge in [-0.1, -0.05) is 30.3 Å². The maximum Gasteiger partial charge on any atom is 0.123 e. The van der Waals surface area contributed by atoms with Crippen molar-refractivity contribution in [3.63, 3.8) is 0 Å². The molecule has 2 N–H and O–H groups in total. The molecule has 6 heteroatoms. The Balaban J connectivity index is 1.18. The number of aliphatic hydroxyl groups is 1. The van der Waals surface area contributed by atoms with Crippen LogP contribution in [0.1, 0.15) is 49.3 Å². The summed E-state index contributed by atoms with van der Waals surface area (Å²) in [5.74, 6) is 0.768. The van der Waals surface area contributed by atoms with E-state index in [1.807, 2.05) is 10.6 Å². The highest BCUT2D eigenvalue weighted by molar-refractivity contribution is 5.85. The molecule has 2 aromatic heterocycles. The summed E-state index contributed by atoms with van der Waals surface area (Å²) in [6.07, 6.45) is 12.9. The predicted molar refractivity (Wildman–Crippen MR) is 131 cm³/mol. The minimum atomic E-state index is 0.0823. The minimum Gasteiger partial charge on any atom is -0.394 e. The van der Waals surface area contributed by atoms with Crippen LogP contribution in [0.25, 0.3) is 16.6 Å². The lowest BCUT2D eigenvalue weighted by Crippen LogP contribution is -2.39. The molecule has 0 bridgehead atoms. The first-order valence-corrected chi connectivity index (χ1v) is 12.1. The fourth-order valence-electron chi connectivity index (χ4n) is 5.47. The summed E-state index contributed by atoms with van der Waals surface area (Å²) >= 11 is 0. The molecule has 2 aromatic carbocycles. The van der Waals surface area contributed by atoms with Crippen LogP contribution >= 0.6 is 0 Å². The van der Waals surface area contributed by atoms with Gasteiger partial charge in [0.05, 0.1) is 12.6 Å². The van der Waals surface area contributed by atoms with Crippen molar-refractivity contribution in [3.8, 4) is 5.69 Å². The normalized spacial score (nSPS) is 19.8. The number of aliphatic hydroxyl groups excluding tert-OH is 1. The van der Waals surface area contributed by atoms with Crippen molar-refractivity contribution in [1.82, 2.24) is 24.6 Å². The zero-order valence-electron chi connectivity index (χ0n) is 19.3. The summed E-state index contributed by atoms with van der Waals surface area (Å²) in [4.78, 5) is 5.83. The minimum absolute atomic E-state index is 0.0823. The molecule has 4 aromatic rings. The van der Waals surface area contributed by atoms with Crippen LogP contribution in [0.4, 0.5) is 0 Å². The van der Waals surface area contributed by atoms with Crippen molar-refractivity contribution in [2.45, 2.75) is 50.6 Å². The van der Waals surface area contributed by atoms with Crippen molar-refractivity contribution < 1.29 is 5.11 Å². The number of hydrogen-bond donors (Lipinski definition) is 2. The molecule has 172 valence electrons. The number of aryl methyl sites for hydroxylation is 1. The topological polar surface area (TPSA) is 70.0 Å². The van der Waals surface area contributed by atoms with E-state index in [1.54, 1.807) is 12.7 Å². The molecule has 1 fully saturated rings. The second-order valence-corrected chi connectivity index (χ2v) is 9.40. The van der Waals surface area contributed by atoms with Crippen molar-refractivity contribution in [3.05, 3.63) is 78.5 Å². The molecule has 1 saturated carbocycles. The van der Waals surface area contributed by atoms with Crippen molar-refractivity contribution in [2.75, 3.05) is 13.7 Å². The highest BCUT2D eigenvalue weighted by Gasteiger charge is 2.28. The van der Waals surface area contributed by atoms with Gasteiger partial charge < -0.3 is 10.1 Å². The van der Waals surface area contributed by atoms with E-state index in [0.29, 0.717) is 6.04 Å². The highest BCUT2D eigenvalue weighted by Crippen LogP contribution is 2.34. The van der Waals surface area contributed by atoms with E-state index in [2.05, 4.69) is 75.8 Å². The summed E-state index contributed by atoms with van der Waals surface area (Å²) < 4.78 is 1.95. The average Bonchev–Trinajstić information content (AvgIpc) is 3.54. The third-order valence-electron chi connectivity index (χ3n) is 7.53. The molecule has 0 unspecified atom stereocenters. The van der Waals surface area contributed by atoms with Crippen LogP contribution in [-0.4, -0.2) is 49.5 Å². The smallest absolute Gasteiger partial charge is 0.123 e. The lowest BCUT2D eigenvalue weighted by Gasteiger charge is -2.39. The van der Waals surface area contributed by atoms with Crippen LogP contribution in [0.3, 0.4) is 0 Å². The first kappa shape index (κ1) is 21.9. The quantitative estimate of drug-likeness (QED) is 0.406. The molecule has 6 nitrogen and oxygen atoms in total. The number of H-pyrrole nitrogens is 1. The number of benzene rings is 2. The number of likely N-dealkylation sites (N-methyl/N-ethyl adjacent to an activating group) is 1. The van der Waals surface area contributed by atoms with E-state index in [4.69, 9.17) is 0 Å². The number of hydrogen-bond acceptors (Lipinski definition) is 4. The van der Waals surface area contributed by atoms with E-state index in [-0.39, 0.29) is 12.6 Å². The first-order valence-electron chi connectivity index (χ1n) is 12.1. The molecule has 2 heterocycles. The molecule has 1 atom stereocenters.